The van der Waals surface area contributed by atoms with Crippen LogP contribution in [0.25, 0.3) is 0 Å². The molecule has 1 aliphatic rings. The van der Waals surface area contributed by atoms with Crippen molar-refractivity contribution in [2.45, 2.75) is 70.4 Å². The Morgan fingerprint density at radius 3 is 2.33 bits per heavy atom. The highest BCUT2D eigenvalue weighted by atomic mass is 32.2. The van der Waals surface area contributed by atoms with E-state index in [4.69, 9.17) is 9.47 Å². The van der Waals surface area contributed by atoms with E-state index in [1.54, 1.807) is 18.2 Å². The molecule has 208 valence electrons. The van der Waals surface area contributed by atoms with Gasteiger partial charge in [0.1, 0.15) is 11.5 Å². The number of hydrogen-bond donors (Lipinski definition) is 1. The summed E-state index contributed by atoms with van der Waals surface area (Å²) in [6.45, 7) is 10.6. The van der Waals surface area contributed by atoms with Crippen molar-refractivity contribution in [2.24, 2.45) is 0 Å². The van der Waals surface area contributed by atoms with Crippen LogP contribution in [0.5, 0.6) is 11.5 Å². The quantitative estimate of drug-likeness (QED) is 0.407. The second kappa shape index (κ2) is 11.3. The molecule has 0 fully saturated rings. The number of nitrogens with zero attached hydrogens (tertiary/aromatic N) is 1. The number of sulfonamides is 1. The van der Waals surface area contributed by atoms with Gasteiger partial charge in [-0.1, -0.05) is 58.9 Å². The van der Waals surface area contributed by atoms with Gasteiger partial charge in [-0.25, -0.2) is 8.42 Å². The summed E-state index contributed by atoms with van der Waals surface area (Å²) >= 11 is 0. The van der Waals surface area contributed by atoms with Gasteiger partial charge in [-0.15, -0.1) is 0 Å². The molecular weight excluding hydrogens is 512 g/mol. The molecule has 3 aromatic carbocycles. The molecule has 4 rings (SSSR count). The van der Waals surface area contributed by atoms with Gasteiger partial charge in [0.05, 0.1) is 24.2 Å². The molecule has 1 aliphatic heterocycles. The molecule has 0 saturated carbocycles. The molecule has 0 bridgehead atoms. The van der Waals surface area contributed by atoms with Crippen molar-refractivity contribution in [1.29, 1.82) is 0 Å². The van der Waals surface area contributed by atoms with Crippen LogP contribution in [-0.4, -0.2) is 34.1 Å². The van der Waals surface area contributed by atoms with Gasteiger partial charge in [-0.05, 0) is 76.9 Å². The molecule has 0 saturated heterocycles. The Morgan fingerprint density at radius 2 is 1.72 bits per heavy atom. The average Bonchev–Trinajstić information content (AvgIpc) is 2.94. The summed E-state index contributed by atoms with van der Waals surface area (Å²) in [4.78, 5) is 13.5. The SMILES string of the molecule is CCc1ccc(CC)c(CNC(=O)C2CN(S(=O)(=O)c3ccc(OC)cc3)c3cc(C(C)(C)C)ccc3O2)c1. The number of carbonyl (C=O) groups is 1. The van der Waals surface area contributed by atoms with Crippen LogP contribution in [0.3, 0.4) is 0 Å². The Morgan fingerprint density at radius 1 is 1.00 bits per heavy atom. The van der Waals surface area contributed by atoms with Crippen molar-refractivity contribution in [2.75, 3.05) is 18.0 Å². The number of rotatable bonds is 8. The van der Waals surface area contributed by atoms with Crippen molar-refractivity contribution in [3.63, 3.8) is 0 Å². The van der Waals surface area contributed by atoms with Gasteiger partial charge < -0.3 is 14.8 Å². The molecule has 1 unspecified atom stereocenters. The number of fused-ring (bicyclic) bond motifs is 1. The number of amides is 1. The minimum absolute atomic E-state index is 0.112. The molecule has 39 heavy (non-hydrogen) atoms. The monoisotopic (exact) mass is 550 g/mol. The molecule has 0 aliphatic carbocycles. The fourth-order valence-corrected chi connectivity index (χ4v) is 6.13. The Kier molecular flexibility index (Phi) is 8.25. The summed E-state index contributed by atoms with van der Waals surface area (Å²) in [7, 11) is -2.47. The highest BCUT2D eigenvalue weighted by Gasteiger charge is 2.38. The fourth-order valence-electron chi connectivity index (χ4n) is 4.66. The van der Waals surface area contributed by atoms with E-state index in [9.17, 15) is 13.2 Å². The zero-order valence-electron chi connectivity index (χ0n) is 23.6. The van der Waals surface area contributed by atoms with Crippen LogP contribution < -0.4 is 19.1 Å². The Hall–Kier alpha value is -3.52. The molecular formula is C31H38N2O5S. The summed E-state index contributed by atoms with van der Waals surface area (Å²) in [5, 5.41) is 2.99. The molecule has 1 heterocycles. The van der Waals surface area contributed by atoms with Crippen LogP contribution in [0.1, 0.15) is 56.9 Å². The van der Waals surface area contributed by atoms with Crippen molar-refractivity contribution < 1.29 is 22.7 Å². The lowest BCUT2D eigenvalue weighted by Gasteiger charge is -2.36. The van der Waals surface area contributed by atoms with Crippen molar-refractivity contribution in [1.82, 2.24) is 5.32 Å². The Balaban J connectivity index is 1.67. The van der Waals surface area contributed by atoms with Crippen LogP contribution in [0.4, 0.5) is 5.69 Å². The van der Waals surface area contributed by atoms with Crippen LogP contribution in [-0.2, 0) is 39.6 Å². The lowest BCUT2D eigenvalue weighted by Crippen LogP contribution is -2.50. The van der Waals surface area contributed by atoms with Gasteiger partial charge in [-0.2, -0.15) is 0 Å². The van der Waals surface area contributed by atoms with E-state index in [-0.39, 0.29) is 22.8 Å². The minimum atomic E-state index is -4.00. The number of benzene rings is 3. The van der Waals surface area contributed by atoms with E-state index in [1.165, 1.54) is 34.7 Å². The van der Waals surface area contributed by atoms with Gasteiger partial charge in [-0.3, -0.25) is 9.10 Å². The fraction of sp³-hybridized carbons (Fsp3) is 0.387. The maximum Gasteiger partial charge on any atom is 0.264 e. The predicted octanol–water partition coefficient (Wildman–Crippen LogP) is 5.39. The molecule has 1 atom stereocenters. The molecule has 0 aromatic heterocycles. The van der Waals surface area contributed by atoms with Crippen LogP contribution in [0, 0.1) is 0 Å². The van der Waals surface area contributed by atoms with E-state index in [0.717, 1.165) is 24.0 Å². The van der Waals surface area contributed by atoms with E-state index in [2.05, 4.69) is 58.1 Å². The maximum atomic E-state index is 13.9. The van der Waals surface area contributed by atoms with Crippen molar-refractivity contribution in [3.05, 3.63) is 82.9 Å². The van der Waals surface area contributed by atoms with Crippen LogP contribution in [0.2, 0.25) is 0 Å². The number of anilines is 1. The number of nitrogens with one attached hydrogen (secondary N) is 1. The topological polar surface area (TPSA) is 84.9 Å². The lowest BCUT2D eigenvalue weighted by molar-refractivity contribution is -0.127. The Labute approximate surface area is 232 Å². The smallest absolute Gasteiger partial charge is 0.264 e. The lowest BCUT2D eigenvalue weighted by atomic mass is 9.86. The van der Waals surface area contributed by atoms with E-state index in [0.29, 0.717) is 23.7 Å². The van der Waals surface area contributed by atoms with E-state index >= 15 is 0 Å². The average molecular weight is 551 g/mol. The van der Waals surface area contributed by atoms with Gasteiger partial charge in [0.15, 0.2) is 6.10 Å². The largest absolute Gasteiger partial charge is 0.497 e. The summed E-state index contributed by atoms with van der Waals surface area (Å²) < 4.78 is 40.4. The van der Waals surface area contributed by atoms with Gasteiger partial charge in [0, 0.05) is 6.54 Å². The van der Waals surface area contributed by atoms with E-state index in [1.807, 2.05) is 12.1 Å². The van der Waals surface area contributed by atoms with Crippen molar-refractivity contribution >= 4 is 21.6 Å². The summed E-state index contributed by atoms with van der Waals surface area (Å²) in [6, 6.07) is 18.1. The number of methoxy groups -OCH3 is 1. The highest BCUT2D eigenvalue weighted by molar-refractivity contribution is 7.92. The standard InChI is InChI=1S/C31H38N2O5S/c1-7-21-9-10-22(8-2)23(17-21)19-32-30(34)29-20-33(39(35,36)26-14-12-25(37-6)13-15-26)27-18-24(31(3,4)5)11-16-28(27)38-29/h9-18,29H,7-8,19-20H2,1-6H3,(H,32,34). The van der Waals surface area contributed by atoms with Gasteiger partial charge in [0.25, 0.3) is 15.9 Å². The second-order valence-corrected chi connectivity index (χ2v) is 12.6. The molecule has 1 amide bonds. The van der Waals surface area contributed by atoms with Crippen LogP contribution in [0.15, 0.2) is 65.6 Å². The predicted molar refractivity (Wildman–Crippen MR) is 154 cm³/mol. The zero-order chi connectivity index (χ0) is 28.4. The molecule has 7 nitrogen and oxygen atoms in total. The molecule has 0 spiro atoms. The number of aryl methyl sites for hydroxylation is 2. The normalized spacial score (nSPS) is 15.3. The summed E-state index contributed by atoms with van der Waals surface area (Å²) in [5.74, 6) is 0.551. The molecule has 3 aromatic rings. The first kappa shape index (κ1) is 28.5. The first-order valence-electron chi connectivity index (χ1n) is 13.3. The summed E-state index contributed by atoms with van der Waals surface area (Å²) in [6.07, 6.45) is 0.750. The third-order valence-corrected chi connectivity index (χ3v) is 8.94. The van der Waals surface area contributed by atoms with Gasteiger partial charge >= 0.3 is 0 Å². The third kappa shape index (κ3) is 6.06. The van der Waals surface area contributed by atoms with Gasteiger partial charge in [0.2, 0.25) is 0 Å². The molecule has 1 N–H and O–H groups in total. The molecule has 8 heteroatoms. The molecule has 0 radical (unpaired) electrons. The first-order valence-corrected chi connectivity index (χ1v) is 14.8. The second-order valence-electron chi connectivity index (χ2n) is 10.8. The Bertz CT molecular complexity index is 1440. The third-order valence-electron chi connectivity index (χ3n) is 7.15. The number of hydrogen-bond acceptors (Lipinski definition) is 5. The van der Waals surface area contributed by atoms with E-state index < -0.39 is 16.1 Å². The zero-order valence-corrected chi connectivity index (χ0v) is 24.4. The number of carbonyl (C=O) groups excluding carboxylic acids is 1. The first-order chi connectivity index (χ1) is 18.5. The van der Waals surface area contributed by atoms with Crippen molar-refractivity contribution in [3.8, 4) is 11.5 Å². The summed E-state index contributed by atoms with van der Waals surface area (Å²) in [5.41, 5.74) is 4.60. The minimum Gasteiger partial charge on any atom is -0.497 e. The maximum absolute atomic E-state index is 13.9. The van der Waals surface area contributed by atoms with Crippen LogP contribution >= 0.6 is 0 Å². The highest BCUT2D eigenvalue weighted by Crippen LogP contribution is 2.40. The number of ether oxygens (including phenoxy) is 2.